The van der Waals surface area contributed by atoms with E-state index in [1.54, 1.807) is 0 Å². The average molecular weight is 633 g/mol. The smallest absolute Gasteiger partial charge is 0.164 e. The van der Waals surface area contributed by atoms with Gasteiger partial charge in [0.1, 0.15) is 11.2 Å². The third-order valence-electron chi connectivity index (χ3n) is 8.67. The molecule has 0 amide bonds. The molecule has 2 aromatic heterocycles. The summed E-state index contributed by atoms with van der Waals surface area (Å²) in [5.74, 6) is 0.544. The number of para-hydroxylation sites is 1. The number of hydrogen-bond donors (Lipinski definition) is 0. The molecular formula is C45H29N3O. The van der Waals surface area contributed by atoms with Crippen molar-refractivity contribution >= 4 is 21.9 Å². The van der Waals surface area contributed by atoms with Crippen LogP contribution in [0.15, 0.2) is 180 Å². The maximum absolute atomic E-state index is 8.76. The first kappa shape index (κ1) is 23.6. The Morgan fingerprint density at radius 1 is 0.388 bits per heavy atom. The lowest BCUT2D eigenvalue weighted by molar-refractivity contribution is 0.670. The highest BCUT2D eigenvalue weighted by atomic mass is 16.3. The molecule has 49 heavy (non-hydrogen) atoms. The predicted octanol–water partition coefficient (Wildman–Crippen LogP) is 11.8. The quantitative estimate of drug-likeness (QED) is 0.183. The van der Waals surface area contributed by atoms with Gasteiger partial charge in [-0.05, 0) is 33.9 Å². The molecule has 0 saturated heterocycles. The largest absolute Gasteiger partial charge is 0.455 e. The van der Waals surface area contributed by atoms with Crippen LogP contribution < -0.4 is 0 Å². The van der Waals surface area contributed by atoms with Crippen LogP contribution in [0.4, 0.5) is 0 Å². The zero-order chi connectivity index (χ0) is 36.9. The van der Waals surface area contributed by atoms with Gasteiger partial charge in [-0.15, -0.1) is 0 Å². The molecule has 0 aliphatic rings. The second kappa shape index (κ2) is 12.2. The Bertz CT molecular complexity index is 2850. The highest BCUT2D eigenvalue weighted by molar-refractivity contribution is 6.15. The predicted molar refractivity (Wildman–Crippen MR) is 200 cm³/mol. The molecular weight excluding hydrogens is 599 g/mol. The topological polar surface area (TPSA) is 51.8 Å². The summed E-state index contributed by atoms with van der Waals surface area (Å²) in [6, 6.07) is 45.9. The normalized spacial score (nSPS) is 12.7. The van der Waals surface area contributed by atoms with Gasteiger partial charge in [-0.3, -0.25) is 0 Å². The van der Waals surface area contributed by atoms with E-state index in [1.165, 1.54) is 0 Å². The average Bonchev–Trinajstić information content (AvgIpc) is 3.62. The van der Waals surface area contributed by atoms with E-state index in [-0.39, 0.29) is 17.2 Å². The van der Waals surface area contributed by atoms with Crippen LogP contribution in [-0.2, 0) is 0 Å². The lowest BCUT2D eigenvalue weighted by Gasteiger charge is -2.11. The number of hydrogen-bond acceptors (Lipinski definition) is 4. The third-order valence-corrected chi connectivity index (χ3v) is 8.67. The molecule has 0 saturated carbocycles. The number of aromatic nitrogens is 3. The van der Waals surface area contributed by atoms with Crippen LogP contribution in [0.1, 0.15) is 6.85 Å². The van der Waals surface area contributed by atoms with Crippen molar-refractivity contribution in [3.8, 4) is 67.5 Å². The van der Waals surface area contributed by atoms with Gasteiger partial charge in [-0.25, -0.2) is 15.0 Å². The van der Waals surface area contributed by atoms with Crippen LogP contribution in [0.25, 0.3) is 89.5 Å². The molecule has 0 aliphatic heterocycles. The summed E-state index contributed by atoms with van der Waals surface area (Å²) < 4.78 is 49.1. The molecule has 0 aliphatic carbocycles. The molecule has 0 atom stereocenters. The molecule has 0 N–H and O–H groups in total. The molecule has 9 aromatic rings. The van der Waals surface area contributed by atoms with Gasteiger partial charge in [0.05, 0.1) is 6.85 Å². The first-order chi connectivity index (χ1) is 26.4. The first-order valence-electron chi connectivity index (χ1n) is 18.5. The van der Waals surface area contributed by atoms with Gasteiger partial charge in [0.15, 0.2) is 17.5 Å². The fourth-order valence-electron chi connectivity index (χ4n) is 6.38. The van der Waals surface area contributed by atoms with Crippen molar-refractivity contribution in [2.75, 3.05) is 0 Å². The molecule has 4 nitrogen and oxygen atoms in total. The minimum Gasteiger partial charge on any atom is -0.455 e. The van der Waals surface area contributed by atoms with Crippen molar-refractivity contribution in [1.29, 1.82) is 0 Å². The summed E-state index contributed by atoms with van der Waals surface area (Å²) in [4.78, 5) is 14.6. The Morgan fingerprint density at radius 2 is 0.939 bits per heavy atom. The molecule has 0 unspecified atom stereocenters. The van der Waals surface area contributed by atoms with Crippen LogP contribution in [0, 0.1) is 0 Å². The Balaban J connectivity index is 1.27. The number of nitrogens with zero attached hydrogens (tertiary/aromatic N) is 3. The van der Waals surface area contributed by atoms with Crippen molar-refractivity contribution in [3.05, 3.63) is 176 Å². The zero-order valence-electron chi connectivity index (χ0n) is 31.1. The van der Waals surface area contributed by atoms with Crippen molar-refractivity contribution < 1.29 is 11.3 Å². The number of benzene rings is 7. The minimum absolute atomic E-state index is 0.0265. The van der Waals surface area contributed by atoms with Crippen molar-refractivity contribution in [2.24, 2.45) is 0 Å². The fourth-order valence-corrected chi connectivity index (χ4v) is 6.38. The molecule has 0 radical (unpaired) electrons. The molecule has 2 heterocycles. The van der Waals surface area contributed by atoms with Crippen LogP contribution in [0.5, 0.6) is 0 Å². The highest BCUT2D eigenvalue weighted by Gasteiger charge is 2.20. The molecule has 230 valence electrons. The van der Waals surface area contributed by atoms with E-state index < -0.39 is 30.2 Å². The summed E-state index contributed by atoms with van der Waals surface area (Å²) in [6.07, 6.45) is 0. The maximum atomic E-state index is 8.76. The van der Waals surface area contributed by atoms with Gasteiger partial charge in [-0.2, -0.15) is 0 Å². The van der Waals surface area contributed by atoms with Crippen LogP contribution in [0.2, 0.25) is 0 Å². The van der Waals surface area contributed by atoms with Crippen molar-refractivity contribution in [3.63, 3.8) is 0 Å². The monoisotopic (exact) mass is 632 g/mol. The van der Waals surface area contributed by atoms with E-state index in [2.05, 4.69) is 30.3 Å². The van der Waals surface area contributed by atoms with E-state index in [0.29, 0.717) is 28.1 Å². The van der Waals surface area contributed by atoms with E-state index in [1.807, 2.05) is 115 Å². The van der Waals surface area contributed by atoms with Crippen molar-refractivity contribution in [1.82, 2.24) is 15.0 Å². The Hall–Kier alpha value is -6.65. The van der Waals surface area contributed by atoms with Gasteiger partial charge in [0.2, 0.25) is 0 Å². The third kappa shape index (κ3) is 5.26. The van der Waals surface area contributed by atoms with Crippen LogP contribution in [-0.4, -0.2) is 15.0 Å². The maximum Gasteiger partial charge on any atom is 0.164 e. The standard InChI is InChI=1S/C45H29N3O/c1-4-14-30(15-5-1)31-26-28-34(29-27-31)44-46-43(33-18-8-3-9-19-33)47-45(48-44)39-24-13-25-40-41(39)38-23-12-22-37(42(38)49-40)36-21-11-10-20-35(36)32-16-6-2-7-17-32/h1-29H/i3D,8D,9D,18D,19D. The number of fused-ring (bicyclic) bond motifs is 3. The fraction of sp³-hybridized carbons (Fsp3) is 0. The lowest BCUT2D eigenvalue weighted by Crippen LogP contribution is -2.00. The molecule has 4 heteroatoms. The highest BCUT2D eigenvalue weighted by Crippen LogP contribution is 2.42. The Kier molecular flexibility index (Phi) is 5.87. The van der Waals surface area contributed by atoms with E-state index in [0.717, 1.165) is 44.2 Å². The van der Waals surface area contributed by atoms with E-state index >= 15 is 0 Å². The van der Waals surface area contributed by atoms with Crippen LogP contribution >= 0.6 is 0 Å². The summed E-state index contributed by atoms with van der Waals surface area (Å²) in [6.45, 7) is 0. The summed E-state index contributed by atoms with van der Waals surface area (Å²) in [7, 11) is 0. The molecule has 0 bridgehead atoms. The van der Waals surface area contributed by atoms with Crippen molar-refractivity contribution in [2.45, 2.75) is 0 Å². The second-order valence-corrected chi connectivity index (χ2v) is 11.6. The minimum atomic E-state index is -0.487. The molecule has 0 spiro atoms. The molecule has 9 rings (SSSR count). The van der Waals surface area contributed by atoms with Gasteiger partial charge in [0, 0.05) is 33.0 Å². The molecule has 0 fully saturated rings. The first-order valence-corrected chi connectivity index (χ1v) is 16.0. The second-order valence-electron chi connectivity index (χ2n) is 11.6. The van der Waals surface area contributed by atoms with Gasteiger partial charge >= 0.3 is 0 Å². The summed E-state index contributed by atoms with van der Waals surface area (Å²) in [5.41, 5.74) is 8.77. The van der Waals surface area contributed by atoms with Gasteiger partial charge in [-0.1, -0.05) is 170 Å². The number of rotatable bonds is 6. The summed E-state index contributed by atoms with van der Waals surface area (Å²) in [5, 5.41) is 1.65. The van der Waals surface area contributed by atoms with Gasteiger partial charge < -0.3 is 4.42 Å². The Morgan fingerprint density at radius 3 is 1.69 bits per heavy atom. The van der Waals surface area contributed by atoms with E-state index in [4.69, 9.17) is 26.2 Å². The lowest BCUT2D eigenvalue weighted by atomic mass is 9.93. The zero-order valence-corrected chi connectivity index (χ0v) is 26.1. The van der Waals surface area contributed by atoms with E-state index in [9.17, 15) is 0 Å². The molecule has 7 aromatic carbocycles. The van der Waals surface area contributed by atoms with Crippen LogP contribution in [0.3, 0.4) is 0 Å². The summed E-state index contributed by atoms with van der Waals surface area (Å²) >= 11 is 0. The SMILES string of the molecule is [2H]c1c([2H])c([2H])c(-c2nc(-c3ccc(-c4ccccc4)cc3)nc(-c3cccc4oc5c(-c6ccccc6-c6ccccc6)cccc5c34)n2)c([2H])c1[2H]. The van der Waals surface area contributed by atoms with Gasteiger partial charge in [0.25, 0.3) is 0 Å². The Labute approximate surface area is 291 Å². The number of furan rings is 1.